The zero-order valence-electron chi connectivity index (χ0n) is 9.33. The molecule has 0 saturated carbocycles. The predicted molar refractivity (Wildman–Crippen MR) is 65.1 cm³/mol. The van der Waals surface area contributed by atoms with Gasteiger partial charge in [0.2, 0.25) is 0 Å². The summed E-state index contributed by atoms with van der Waals surface area (Å²) in [5, 5.41) is 18.4. The van der Waals surface area contributed by atoms with Gasteiger partial charge < -0.3 is 10.0 Å². The molecule has 4 heteroatoms. The Bertz CT molecular complexity index is 575. The lowest BCUT2D eigenvalue weighted by molar-refractivity contribution is 0.475. The zero-order chi connectivity index (χ0) is 12.3. The van der Waals surface area contributed by atoms with Crippen molar-refractivity contribution in [2.75, 3.05) is 11.9 Å². The van der Waals surface area contributed by atoms with Crippen LogP contribution in [0.4, 0.5) is 11.5 Å². The minimum atomic E-state index is 0.184. The molecule has 1 aromatic heterocycles. The lowest BCUT2D eigenvalue weighted by Crippen LogP contribution is -2.12. The summed E-state index contributed by atoms with van der Waals surface area (Å²) in [5.41, 5.74) is 1.28. The van der Waals surface area contributed by atoms with Crippen molar-refractivity contribution >= 4 is 11.5 Å². The van der Waals surface area contributed by atoms with Crippen molar-refractivity contribution in [3.05, 3.63) is 48.2 Å². The van der Waals surface area contributed by atoms with Crippen LogP contribution in [0.15, 0.2) is 42.6 Å². The monoisotopic (exact) mass is 225 g/mol. The second-order valence-electron chi connectivity index (χ2n) is 3.57. The highest BCUT2D eigenvalue weighted by molar-refractivity contribution is 5.65. The van der Waals surface area contributed by atoms with Gasteiger partial charge in [-0.2, -0.15) is 5.26 Å². The van der Waals surface area contributed by atoms with Crippen LogP contribution < -0.4 is 4.90 Å². The lowest BCUT2D eigenvalue weighted by Gasteiger charge is -2.19. The Balaban J connectivity index is 2.44. The number of nitriles is 1. The van der Waals surface area contributed by atoms with E-state index in [0.717, 1.165) is 5.69 Å². The van der Waals surface area contributed by atoms with E-state index in [1.165, 1.54) is 0 Å². The van der Waals surface area contributed by atoms with E-state index in [4.69, 9.17) is 5.26 Å². The normalized spacial score (nSPS) is 9.65. The molecule has 0 aliphatic rings. The summed E-state index contributed by atoms with van der Waals surface area (Å²) in [6, 6.07) is 12.3. The van der Waals surface area contributed by atoms with Crippen LogP contribution in [0.2, 0.25) is 0 Å². The Morgan fingerprint density at radius 1 is 1.29 bits per heavy atom. The summed E-state index contributed by atoms with van der Waals surface area (Å²) in [6.45, 7) is 0. The van der Waals surface area contributed by atoms with Crippen molar-refractivity contribution in [1.29, 1.82) is 5.26 Å². The fourth-order valence-corrected chi connectivity index (χ4v) is 1.58. The van der Waals surface area contributed by atoms with Crippen LogP contribution in [-0.4, -0.2) is 17.1 Å². The van der Waals surface area contributed by atoms with Gasteiger partial charge in [0, 0.05) is 25.0 Å². The first kappa shape index (κ1) is 11.0. The number of phenolic OH excluding ortho intramolecular Hbond substituents is 1. The molecule has 1 aromatic carbocycles. The third kappa shape index (κ3) is 2.18. The first-order valence-electron chi connectivity index (χ1n) is 5.10. The van der Waals surface area contributed by atoms with Crippen molar-refractivity contribution in [3.8, 4) is 11.8 Å². The fraction of sp³-hybridized carbons (Fsp3) is 0.0769. The SMILES string of the molecule is CN(c1cccc(O)c1)c1ncccc1C#N. The topological polar surface area (TPSA) is 60.1 Å². The molecule has 0 fully saturated rings. The number of hydrogen-bond acceptors (Lipinski definition) is 4. The summed E-state index contributed by atoms with van der Waals surface area (Å²) >= 11 is 0. The Kier molecular flexibility index (Phi) is 2.93. The van der Waals surface area contributed by atoms with E-state index >= 15 is 0 Å². The Hall–Kier alpha value is -2.54. The molecule has 0 atom stereocenters. The Morgan fingerprint density at radius 2 is 2.12 bits per heavy atom. The molecule has 0 spiro atoms. The molecule has 0 aliphatic heterocycles. The molecule has 0 amide bonds. The van der Waals surface area contributed by atoms with Gasteiger partial charge in [0.05, 0.1) is 5.56 Å². The van der Waals surface area contributed by atoms with E-state index in [9.17, 15) is 5.11 Å². The van der Waals surface area contributed by atoms with E-state index < -0.39 is 0 Å². The molecule has 0 unspecified atom stereocenters. The van der Waals surface area contributed by atoms with Gasteiger partial charge in [-0.1, -0.05) is 6.07 Å². The first-order valence-corrected chi connectivity index (χ1v) is 5.10. The molecule has 2 aromatic rings. The largest absolute Gasteiger partial charge is 0.508 e. The molecule has 0 saturated heterocycles. The smallest absolute Gasteiger partial charge is 0.150 e. The van der Waals surface area contributed by atoms with Crippen molar-refractivity contribution in [3.63, 3.8) is 0 Å². The van der Waals surface area contributed by atoms with Gasteiger partial charge in [0.25, 0.3) is 0 Å². The summed E-state index contributed by atoms with van der Waals surface area (Å²) in [7, 11) is 1.80. The molecule has 4 nitrogen and oxygen atoms in total. The number of hydrogen-bond donors (Lipinski definition) is 1. The number of aromatic hydroxyl groups is 1. The molecule has 0 radical (unpaired) electrons. The number of phenols is 1. The number of nitrogens with zero attached hydrogens (tertiary/aromatic N) is 3. The summed E-state index contributed by atoms with van der Waals surface area (Å²) < 4.78 is 0. The predicted octanol–water partition coefficient (Wildman–Crippen LogP) is 2.43. The molecular weight excluding hydrogens is 214 g/mol. The van der Waals surface area contributed by atoms with Crippen LogP contribution in [0.1, 0.15) is 5.56 Å². The second kappa shape index (κ2) is 4.54. The van der Waals surface area contributed by atoms with E-state index in [0.29, 0.717) is 11.4 Å². The van der Waals surface area contributed by atoms with Crippen molar-refractivity contribution in [2.24, 2.45) is 0 Å². The maximum absolute atomic E-state index is 9.42. The van der Waals surface area contributed by atoms with Gasteiger partial charge in [0.15, 0.2) is 5.82 Å². The van der Waals surface area contributed by atoms with Crippen LogP contribution in [0.5, 0.6) is 5.75 Å². The number of anilines is 2. The van der Waals surface area contributed by atoms with Crippen LogP contribution in [0.25, 0.3) is 0 Å². The molecular formula is C13H11N3O. The molecule has 0 bridgehead atoms. The van der Waals surface area contributed by atoms with Crippen LogP contribution in [0, 0.1) is 11.3 Å². The lowest BCUT2D eigenvalue weighted by atomic mass is 10.2. The average molecular weight is 225 g/mol. The first-order chi connectivity index (χ1) is 8.22. The highest BCUT2D eigenvalue weighted by atomic mass is 16.3. The number of pyridine rings is 1. The van der Waals surface area contributed by atoms with E-state index in [1.54, 1.807) is 48.5 Å². The third-order valence-electron chi connectivity index (χ3n) is 2.44. The molecule has 0 aliphatic carbocycles. The van der Waals surface area contributed by atoms with Crippen LogP contribution in [-0.2, 0) is 0 Å². The molecule has 1 heterocycles. The highest BCUT2D eigenvalue weighted by Crippen LogP contribution is 2.26. The minimum Gasteiger partial charge on any atom is -0.508 e. The summed E-state index contributed by atoms with van der Waals surface area (Å²) in [6.07, 6.45) is 1.63. The maximum Gasteiger partial charge on any atom is 0.150 e. The highest BCUT2D eigenvalue weighted by Gasteiger charge is 2.10. The van der Waals surface area contributed by atoms with Crippen molar-refractivity contribution < 1.29 is 5.11 Å². The van der Waals surface area contributed by atoms with Gasteiger partial charge in [-0.05, 0) is 24.3 Å². The molecule has 17 heavy (non-hydrogen) atoms. The zero-order valence-corrected chi connectivity index (χ0v) is 9.33. The number of aromatic nitrogens is 1. The van der Waals surface area contributed by atoms with Gasteiger partial charge in [-0.25, -0.2) is 4.98 Å². The third-order valence-corrected chi connectivity index (χ3v) is 2.44. The van der Waals surface area contributed by atoms with E-state index in [1.807, 2.05) is 6.07 Å². The summed E-state index contributed by atoms with van der Waals surface area (Å²) in [4.78, 5) is 5.94. The number of benzene rings is 1. The molecule has 2 rings (SSSR count). The number of rotatable bonds is 2. The molecule has 1 N–H and O–H groups in total. The second-order valence-corrected chi connectivity index (χ2v) is 3.57. The van der Waals surface area contributed by atoms with Crippen LogP contribution >= 0.6 is 0 Å². The van der Waals surface area contributed by atoms with E-state index in [2.05, 4.69) is 11.1 Å². The molecule has 84 valence electrons. The average Bonchev–Trinajstić information content (AvgIpc) is 2.38. The Labute approximate surface area is 99.4 Å². The quantitative estimate of drug-likeness (QED) is 0.852. The van der Waals surface area contributed by atoms with E-state index in [-0.39, 0.29) is 5.75 Å². The van der Waals surface area contributed by atoms with Crippen molar-refractivity contribution in [1.82, 2.24) is 4.98 Å². The van der Waals surface area contributed by atoms with Gasteiger partial charge in [-0.15, -0.1) is 0 Å². The van der Waals surface area contributed by atoms with Gasteiger partial charge in [0.1, 0.15) is 11.8 Å². The van der Waals surface area contributed by atoms with Crippen LogP contribution in [0.3, 0.4) is 0 Å². The maximum atomic E-state index is 9.42. The Morgan fingerprint density at radius 3 is 2.82 bits per heavy atom. The van der Waals surface area contributed by atoms with Crippen molar-refractivity contribution in [2.45, 2.75) is 0 Å². The fourth-order valence-electron chi connectivity index (χ4n) is 1.58. The van der Waals surface area contributed by atoms with Gasteiger partial charge in [-0.3, -0.25) is 0 Å². The minimum absolute atomic E-state index is 0.184. The van der Waals surface area contributed by atoms with Gasteiger partial charge >= 0.3 is 0 Å². The summed E-state index contributed by atoms with van der Waals surface area (Å²) in [5.74, 6) is 0.754. The standard InChI is InChI=1S/C13H11N3O/c1-16(11-5-2-6-12(17)8-11)13-10(9-14)4-3-7-15-13/h2-8,17H,1H3.